The zero-order valence-electron chi connectivity index (χ0n) is 22.7. The number of ether oxygens (including phenoxy) is 4. The molecule has 0 spiro atoms. The first-order chi connectivity index (χ1) is 20.9. The molecule has 0 amide bonds. The Balaban J connectivity index is 1.53. The fraction of sp³-hybridized carbons (Fsp3) is 0.200. The van der Waals surface area contributed by atoms with Crippen LogP contribution in [-0.4, -0.2) is 63.8 Å². The Bertz CT molecular complexity index is 1710. The van der Waals surface area contributed by atoms with Crippen LogP contribution in [0.2, 0.25) is 0 Å². The van der Waals surface area contributed by atoms with Crippen LogP contribution in [0.4, 0.5) is 0 Å². The third-order valence-electron chi connectivity index (χ3n) is 6.43. The maximum atomic E-state index is 13.2. The number of aromatic amines is 1. The van der Waals surface area contributed by atoms with E-state index in [4.69, 9.17) is 18.9 Å². The normalized spacial score (nSPS) is 19.4. The molecule has 220 valence electrons. The molecule has 1 fully saturated rings. The number of nitrogens with one attached hydrogen (secondary N) is 1. The van der Waals surface area contributed by atoms with Gasteiger partial charge in [0.25, 0.3) is 5.56 Å². The lowest BCUT2D eigenvalue weighted by Crippen LogP contribution is -2.44. The number of hydrogen-bond donors (Lipinski definition) is 1. The van der Waals surface area contributed by atoms with Crippen molar-refractivity contribution in [2.45, 2.75) is 29.6 Å². The lowest BCUT2D eigenvalue weighted by atomic mass is 10.1. The van der Waals surface area contributed by atoms with Crippen molar-refractivity contribution in [2.75, 3.05) is 12.9 Å². The van der Waals surface area contributed by atoms with Crippen molar-refractivity contribution in [3.63, 3.8) is 0 Å². The smallest absolute Gasteiger partial charge is 0.347 e. The van der Waals surface area contributed by atoms with E-state index < -0.39 is 60.3 Å². The van der Waals surface area contributed by atoms with Gasteiger partial charge in [0.2, 0.25) is 0 Å². The zero-order chi connectivity index (χ0) is 30.3. The second kappa shape index (κ2) is 13.3. The predicted octanol–water partition coefficient (Wildman–Crippen LogP) is 2.86. The summed E-state index contributed by atoms with van der Waals surface area (Å²) in [5, 5.41) is 4.05. The Morgan fingerprint density at radius 1 is 0.791 bits per heavy atom. The minimum absolute atomic E-state index is 0.0619. The number of benzene rings is 3. The molecule has 2 heterocycles. The molecule has 0 bridgehead atoms. The van der Waals surface area contributed by atoms with E-state index in [9.17, 15) is 24.0 Å². The molecule has 1 aliphatic rings. The fourth-order valence-corrected chi connectivity index (χ4v) is 4.76. The Morgan fingerprint density at radius 3 is 1.79 bits per heavy atom. The predicted molar refractivity (Wildman–Crippen MR) is 153 cm³/mol. The summed E-state index contributed by atoms with van der Waals surface area (Å²) in [7, 11) is 0. The van der Waals surface area contributed by atoms with E-state index in [2.05, 4.69) is 10.1 Å². The number of carbonyl (C=O) groups excluding carboxylic acids is 3. The van der Waals surface area contributed by atoms with Gasteiger partial charge < -0.3 is 18.9 Å². The Hall–Kier alpha value is -5.01. The number of nitrogens with zero attached hydrogens (tertiary/aromatic N) is 2. The number of esters is 3. The van der Waals surface area contributed by atoms with E-state index in [-0.39, 0.29) is 21.7 Å². The van der Waals surface area contributed by atoms with Gasteiger partial charge in [0.15, 0.2) is 23.5 Å². The van der Waals surface area contributed by atoms with Crippen molar-refractivity contribution < 1.29 is 33.3 Å². The van der Waals surface area contributed by atoms with Gasteiger partial charge in [-0.3, -0.25) is 9.78 Å². The van der Waals surface area contributed by atoms with Gasteiger partial charge in [-0.15, -0.1) is 11.8 Å². The lowest BCUT2D eigenvalue weighted by Gasteiger charge is -2.24. The summed E-state index contributed by atoms with van der Waals surface area (Å²) in [5.41, 5.74) is -1.03. The highest BCUT2D eigenvalue weighted by atomic mass is 32.2. The third-order valence-corrected chi connectivity index (χ3v) is 7.09. The van der Waals surface area contributed by atoms with E-state index in [1.165, 1.54) is 24.3 Å². The van der Waals surface area contributed by atoms with Crippen LogP contribution < -0.4 is 11.2 Å². The summed E-state index contributed by atoms with van der Waals surface area (Å²) >= 11 is 0.978. The molecule has 5 rings (SSSR count). The van der Waals surface area contributed by atoms with Crippen molar-refractivity contribution in [3.8, 4) is 0 Å². The fourth-order valence-electron chi connectivity index (χ4n) is 4.36. The number of aromatic nitrogens is 3. The van der Waals surface area contributed by atoms with Crippen LogP contribution in [0.25, 0.3) is 0 Å². The van der Waals surface area contributed by atoms with E-state index >= 15 is 0 Å². The van der Waals surface area contributed by atoms with Gasteiger partial charge in [0.05, 0.1) is 16.7 Å². The third kappa shape index (κ3) is 6.74. The van der Waals surface area contributed by atoms with Gasteiger partial charge in [-0.1, -0.05) is 54.6 Å². The van der Waals surface area contributed by atoms with Crippen molar-refractivity contribution in [1.82, 2.24) is 14.8 Å². The number of hydrogen-bond acceptors (Lipinski definition) is 11. The second-order valence-electron chi connectivity index (χ2n) is 9.21. The summed E-state index contributed by atoms with van der Waals surface area (Å²) < 4.78 is 24.0. The standard InChI is InChI=1S/C30H25N3O9S/c1-43-25-24(34)31-30(38)33(32-25)26-23(42-29(37)20-15-9-4-10-16-20)22(41-28(36)19-13-7-3-8-14-19)21(40-26)17-39-27(35)18-11-5-2-6-12-18/h2-16,21-23,26H,17H2,1H3,(H,31,34,38). The maximum absolute atomic E-state index is 13.2. The van der Waals surface area contributed by atoms with Gasteiger partial charge in [0.1, 0.15) is 12.7 Å². The van der Waals surface area contributed by atoms with Crippen LogP contribution >= 0.6 is 11.8 Å². The Morgan fingerprint density at radius 2 is 1.28 bits per heavy atom. The van der Waals surface area contributed by atoms with Crippen LogP contribution in [-0.2, 0) is 18.9 Å². The molecule has 4 atom stereocenters. The van der Waals surface area contributed by atoms with E-state index in [0.717, 1.165) is 16.4 Å². The molecule has 0 aliphatic carbocycles. The van der Waals surface area contributed by atoms with Gasteiger partial charge in [0, 0.05) is 0 Å². The molecule has 12 nitrogen and oxygen atoms in total. The molecule has 0 radical (unpaired) electrons. The molecule has 43 heavy (non-hydrogen) atoms. The molecular weight excluding hydrogens is 578 g/mol. The number of H-pyrrole nitrogens is 1. The van der Waals surface area contributed by atoms with Crippen LogP contribution in [0, 0.1) is 0 Å². The van der Waals surface area contributed by atoms with Crippen LogP contribution in [0.1, 0.15) is 37.3 Å². The summed E-state index contributed by atoms with van der Waals surface area (Å²) in [6.07, 6.45) is -3.92. The summed E-state index contributed by atoms with van der Waals surface area (Å²) in [6, 6.07) is 24.3. The van der Waals surface area contributed by atoms with E-state index in [1.54, 1.807) is 73.0 Å². The van der Waals surface area contributed by atoms with Crippen LogP contribution in [0.15, 0.2) is 106 Å². The Kier molecular flexibility index (Phi) is 9.13. The quantitative estimate of drug-likeness (QED) is 0.171. The molecule has 13 heteroatoms. The number of carbonyl (C=O) groups is 3. The minimum Gasteiger partial charge on any atom is -0.459 e. The number of thioether (sulfide) groups is 1. The highest BCUT2D eigenvalue weighted by Crippen LogP contribution is 2.34. The maximum Gasteiger partial charge on any atom is 0.347 e. The molecule has 3 aromatic carbocycles. The molecule has 1 N–H and O–H groups in total. The van der Waals surface area contributed by atoms with Crippen molar-refractivity contribution in [2.24, 2.45) is 0 Å². The average molecular weight is 604 g/mol. The topological polar surface area (TPSA) is 156 Å². The second-order valence-corrected chi connectivity index (χ2v) is 10.0. The summed E-state index contributed by atoms with van der Waals surface area (Å²) in [6.45, 7) is -0.441. The highest BCUT2D eigenvalue weighted by Gasteiger charge is 2.52. The summed E-state index contributed by atoms with van der Waals surface area (Å²) in [5.74, 6) is -2.26. The molecular formula is C30H25N3O9S. The van der Waals surface area contributed by atoms with Gasteiger partial charge in [-0.2, -0.15) is 9.78 Å². The molecule has 1 aliphatic heterocycles. The zero-order valence-corrected chi connectivity index (χ0v) is 23.5. The first kappa shape index (κ1) is 29.5. The summed E-state index contributed by atoms with van der Waals surface area (Å²) in [4.78, 5) is 66.5. The van der Waals surface area contributed by atoms with Crippen molar-refractivity contribution in [3.05, 3.63) is 129 Å². The first-order valence-corrected chi connectivity index (χ1v) is 14.2. The monoisotopic (exact) mass is 603 g/mol. The number of rotatable bonds is 9. The molecule has 1 saturated heterocycles. The molecule has 4 unspecified atom stereocenters. The molecule has 0 saturated carbocycles. The molecule has 4 aromatic rings. The first-order valence-electron chi connectivity index (χ1n) is 13.0. The van der Waals surface area contributed by atoms with E-state index in [0.29, 0.717) is 0 Å². The minimum atomic E-state index is -1.48. The molecule has 1 aromatic heterocycles. The van der Waals surface area contributed by atoms with Crippen molar-refractivity contribution >= 4 is 29.7 Å². The largest absolute Gasteiger partial charge is 0.459 e. The van der Waals surface area contributed by atoms with Gasteiger partial charge in [-0.25, -0.2) is 19.2 Å². The van der Waals surface area contributed by atoms with Gasteiger partial charge >= 0.3 is 23.6 Å². The average Bonchev–Trinajstić information content (AvgIpc) is 3.36. The van der Waals surface area contributed by atoms with E-state index in [1.807, 2.05) is 0 Å². The van der Waals surface area contributed by atoms with Gasteiger partial charge in [-0.05, 0) is 42.7 Å². The highest BCUT2D eigenvalue weighted by molar-refractivity contribution is 7.98. The SMILES string of the molecule is CSc1nn(C2OC(COC(=O)c3ccccc3)C(OC(=O)c3ccccc3)C2OC(=O)c2ccccc2)c(=O)[nH]c1=O. The Labute approximate surface area is 248 Å². The lowest BCUT2D eigenvalue weighted by molar-refractivity contribution is -0.0707. The van der Waals surface area contributed by atoms with Crippen LogP contribution in [0.3, 0.4) is 0 Å². The van der Waals surface area contributed by atoms with Crippen molar-refractivity contribution in [1.29, 1.82) is 0 Å². The van der Waals surface area contributed by atoms with Crippen LogP contribution in [0.5, 0.6) is 0 Å².